The molecule has 0 bridgehead atoms. The smallest absolute Gasteiger partial charge is 0.358 e. The van der Waals surface area contributed by atoms with E-state index in [1.165, 1.54) is 11.3 Å². The van der Waals surface area contributed by atoms with Crippen LogP contribution >= 0.6 is 22.9 Å². The lowest BCUT2D eigenvalue weighted by Gasteiger charge is -1.90. The summed E-state index contributed by atoms with van der Waals surface area (Å²) >= 11 is 2.58. The lowest BCUT2D eigenvalue weighted by Crippen LogP contribution is -1.97. The first-order valence-corrected chi connectivity index (χ1v) is 5.04. The molecule has 0 aliphatic rings. The lowest BCUT2D eigenvalue weighted by molar-refractivity contribution is 0.0691. The summed E-state index contributed by atoms with van der Waals surface area (Å²) in [5.74, 6) is -1.03. The Hall–Kier alpha value is -1.27. The standard InChI is InChI=1S/C7H4N2O2S2/c10-7(11)5-6(13-9-8-5)4-2-1-3-12-4/h1-3H,(H,10,11). The van der Waals surface area contributed by atoms with Crippen LogP contribution in [-0.4, -0.2) is 20.7 Å². The zero-order valence-electron chi connectivity index (χ0n) is 6.30. The van der Waals surface area contributed by atoms with Gasteiger partial charge in [0.05, 0.1) is 0 Å². The summed E-state index contributed by atoms with van der Waals surface area (Å²) in [6, 6.07) is 3.72. The maximum atomic E-state index is 10.7. The summed E-state index contributed by atoms with van der Waals surface area (Å²) in [7, 11) is 0. The highest BCUT2D eigenvalue weighted by atomic mass is 32.1. The van der Waals surface area contributed by atoms with Crippen molar-refractivity contribution in [2.75, 3.05) is 0 Å². The first kappa shape index (κ1) is 8.33. The number of aromatic carboxylic acids is 1. The van der Waals surface area contributed by atoms with Gasteiger partial charge in [-0.05, 0) is 23.0 Å². The minimum Gasteiger partial charge on any atom is -0.476 e. The first-order valence-electron chi connectivity index (χ1n) is 3.38. The Morgan fingerprint density at radius 3 is 3.00 bits per heavy atom. The third-order valence-corrected chi connectivity index (χ3v) is 3.21. The molecule has 2 aromatic rings. The summed E-state index contributed by atoms with van der Waals surface area (Å²) in [6.45, 7) is 0. The van der Waals surface area contributed by atoms with Gasteiger partial charge in [-0.15, -0.1) is 16.4 Å². The molecule has 6 heteroatoms. The number of thiophene rings is 1. The van der Waals surface area contributed by atoms with E-state index in [-0.39, 0.29) is 5.69 Å². The fourth-order valence-corrected chi connectivity index (χ4v) is 2.40. The molecule has 0 fully saturated rings. The number of hydrogen-bond donors (Lipinski definition) is 1. The molecule has 1 N–H and O–H groups in total. The second-order valence-corrected chi connectivity index (χ2v) is 3.93. The molecule has 0 aliphatic carbocycles. The fraction of sp³-hybridized carbons (Fsp3) is 0. The number of aromatic nitrogens is 2. The van der Waals surface area contributed by atoms with E-state index in [9.17, 15) is 4.79 Å². The molecule has 0 atom stereocenters. The molecule has 0 aromatic carbocycles. The Morgan fingerprint density at radius 1 is 1.54 bits per heavy atom. The zero-order chi connectivity index (χ0) is 9.26. The van der Waals surface area contributed by atoms with Crippen molar-refractivity contribution < 1.29 is 9.90 Å². The van der Waals surface area contributed by atoms with Crippen molar-refractivity contribution in [2.24, 2.45) is 0 Å². The highest BCUT2D eigenvalue weighted by Crippen LogP contribution is 2.29. The Balaban J connectivity index is 2.52. The van der Waals surface area contributed by atoms with Crippen LogP contribution < -0.4 is 0 Å². The topological polar surface area (TPSA) is 63.1 Å². The number of hydrogen-bond acceptors (Lipinski definition) is 5. The van der Waals surface area contributed by atoms with Crippen LogP contribution in [0.25, 0.3) is 9.75 Å². The van der Waals surface area contributed by atoms with E-state index in [1.54, 1.807) is 0 Å². The fourth-order valence-electron chi connectivity index (χ4n) is 0.900. The predicted molar refractivity (Wildman–Crippen MR) is 50.2 cm³/mol. The molecular weight excluding hydrogens is 208 g/mol. The van der Waals surface area contributed by atoms with Crippen LogP contribution in [0.3, 0.4) is 0 Å². The monoisotopic (exact) mass is 212 g/mol. The van der Waals surface area contributed by atoms with Gasteiger partial charge in [0.15, 0.2) is 5.69 Å². The zero-order valence-corrected chi connectivity index (χ0v) is 7.93. The Labute approximate surface area is 81.6 Å². The van der Waals surface area contributed by atoms with Crippen LogP contribution in [-0.2, 0) is 0 Å². The van der Waals surface area contributed by atoms with Crippen LogP contribution in [0.1, 0.15) is 10.5 Å². The molecule has 2 rings (SSSR count). The van der Waals surface area contributed by atoms with Crippen LogP contribution in [0.2, 0.25) is 0 Å². The molecule has 0 radical (unpaired) electrons. The Bertz CT molecular complexity index is 421. The van der Waals surface area contributed by atoms with Crippen LogP contribution in [0, 0.1) is 0 Å². The van der Waals surface area contributed by atoms with E-state index in [4.69, 9.17) is 5.11 Å². The maximum absolute atomic E-state index is 10.7. The normalized spacial score (nSPS) is 10.2. The molecule has 0 spiro atoms. The van der Waals surface area contributed by atoms with E-state index < -0.39 is 5.97 Å². The van der Waals surface area contributed by atoms with Gasteiger partial charge in [-0.3, -0.25) is 0 Å². The van der Waals surface area contributed by atoms with E-state index in [0.29, 0.717) is 4.88 Å². The number of carbonyl (C=O) groups is 1. The van der Waals surface area contributed by atoms with Gasteiger partial charge < -0.3 is 5.11 Å². The highest BCUT2D eigenvalue weighted by molar-refractivity contribution is 7.18. The molecule has 0 unspecified atom stereocenters. The van der Waals surface area contributed by atoms with Crippen LogP contribution in [0.4, 0.5) is 0 Å². The van der Waals surface area contributed by atoms with Crippen LogP contribution in [0.15, 0.2) is 17.5 Å². The minimum absolute atomic E-state index is 0.0347. The Morgan fingerprint density at radius 2 is 2.38 bits per heavy atom. The Kier molecular flexibility index (Phi) is 2.07. The van der Waals surface area contributed by atoms with E-state index in [2.05, 4.69) is 9.59 Å². The predicted octanol–water partition coefficient (Wildman–Crippen LogP) is 1.96. The second kappa shape index (κ2) is 3.23. The summed E-state index contributed by atoms with van der Waals surface area (Å²) in [6.07, 6.45) is 0. The van der Waals surface area contributed by atoms with Crippen molar-refractivity contribution in [2.45, 2.75) is 0 Å². The SMILES string of the molecule is O=C(O)c1nnsc1-c1cccs1. The van der Waals surface area contributed by atoms with Gasteiger partial charge >= 0.3 is 5.97 Å². The van der Waals surface area contributed by atoms with Crippen molar-refractivity contribution in [1.29, 1.82) is 0 Å². The molecule has 66 valence electrons. The minimum atomic E-state index is -1.03. The third-order valence-electron chi connectivity index (χ3n) is 1.44. The largest absolute Gasteiger partial charge is 0.476 e. The molecule has 0 saturated heterocycles. The number of carboxylic acids is 1. The molecular formula is C7H4N2O2S2. The van der Waals surface area contributed by atoms with Gasteiger partial charge in [-0.1, -0.05) is 10.6 Å². The molecule has 2 aromatic heterocycles. The van der Waals surface area contributed by atoms with Crippen molar-refractivity contribution in [1.82, 2.24) is 9.59 Å². The molecule has 0 amide bonds. The molecule has 4 nitrogen and oxygen atoms in total. The summed E-state index contributed by atoms with van der Waals surface area (Å²) in [5.41, 5.74) is 0.0347. The van der Waals surface area contributed by atoms with E-state index in [0.717, 1.165) is 16.4 Å². The third kappa shape index (κ3) is 1.45. The van der Waals surface area contributed by atoms with E-state index in [1.807, 2.05) is 17.5 Å². The van der Waals surface area contributed by atoms with Gasteiger partial charge in [0.25, 0.3) is 0 Å². The molecule has 2 heterocycles. The highest BCUT2D eigenvalue weighted by Gasteiger charge is 2.16. The van der Waals surface area contributed by atoms with Gasteiger partial charge in [-0.25, -0.2) is 4.79 Å². The molecule has 0 saturated carbocycles. The average Bonchev–Trinajstić information content (AvgIpc) is 2.74. The lowest BCUT2D eigenvalue weighted by atomic mass is 10.3. The van der Waals surface area contributed by atoms with Crippen molar-refractivity contribution in [3.05, 3.63) is 23.2 Å². The number of nitrogens with zero attached hydrogens (tertiary/aromatic N) is 2. The number of carboxylic acid groups (broad SMARTS) is 1. The van der Waals surface area contributed by atoms with Crippen LogP contribution in [0.5, 0.6) is 0 Å². The molecule has 0 aliphatic heterocycles. The second-order valence-electron chi connectivity index (χ2n) is 2.23. The first-order chi connectivity index (χ1) is 6.29. The van der Waals surface area contributed by atoms with Crippen molar-refractivity contribution >= 4 is 28.8 Å². The summed E-state index contributed by atoms with van der Waals surface area (Å²) in [5, 5.41) is 14.2. The van der Waals surface area contributed by atoms with Gasteiger partial charge in [0.2, 0.25) is 0 Å². The maximum Gasteiger partial charge on any atom is 0.358 e. The quantitative estimate of drug-likeness (QED) is 0.826. The van der Waals surface area contributed by atoms with Crippen molar-refractivity contribution in [3.63, 3.8) is 0 Å². The van der Waals surface area contributed by atoms with E-state index >= 15 is 0 Å². The van der Waals surface area contributed by atoms with Gasteiger partial charge in [0.1, 0.15) is 4.88 Å². The summed E-state index contributed by atoms with van der Waals surface area (Å²) < 4.78 is 3.62. The van der Waals surface area contributed by atoms with Crippen molar-refractivity contribution in [3.8, 4) is 9.75 Å². The molecule has 13 heavy (non-hydrogen) atoms. The van der Waals surface area contributed by atoms with Gasteiger partial charge in [0, 0.05) is 4.88 Å². The number of rotatable bonds is 2. The summed E-state index contributed by atoms with van der Waals surface area (Å²) in [4.78, 5) is 12.2. The average molecular weight is 212 g/mol. The van der Waals surface area contributed by atoms with Gasteiger partial charge in [-0.2, -0.15) is 0 Å².